The number of rotatable bonds is 5. The maximum Gasteiger partial charge on any atom is 0.328 e. The van der Waals surface area contributed by atoms with Crippen molar-refractivity contribution in [3.05, 3.63) is 46.0 Å². The van der Waals surface area contributed by atoms with Crippen LogP contribution in [0.1, 0.15) is 30.7 Å². The summed E-state index contributed by atoms with van der Waals surface area (Å²) < 4.78 is 0. The van der Waals surface area contributed by atoms with E-state index in [4.69, 9.17) is 38.3 Å². The molecule has 29 heavy (non-hydrogen) atoms. The Morgan fingerprint density at radius 1 is 1.17 bits per heavy atom. The van der Waals surface area contributed by atoms with Crippen LogP contribution in [0.25, 0.3) is 0 Å². The fraction of sp³-hybridized carbons (Fsp3) is 0.450. The van der Waals surface area contributed by atoms with Crippen LogP contribution in [0.3, 0.4) is 0 Å². The van der Waals surface area contributed by atoms with Crippen molar-refractivity contribution in [2.75, 3.05) is 14.2 Å². The third-order valence-electron chi connectivity index (χ3n) is 5.41. The lowest BCUT2D eigenvalue weighted by molar-refractivity contribution is -0.134. The Morgan fingerprint density at radius 2 is 1.83 bits per heavy atom. The Kier molecular flexibility index (Phi) is 8.49. The van der Waals surface area contributed by atoms with Gasteiger partial charge in [-0.25, -0.2) is 9.59 Å². The highest BCUT2D eigenvalue weighted by atomic mass is 35.5. The monoisotopic (exact) mass is 442 g/mol. The van der Waals surface area contributed by atoms with E-state index in [0.29, 0.717) is 46.1 Å². The van der Waals surface area contributed by atoms with Gasteiger partial charge >= 0.3 is 11.9 Å². The summed E-state index contributed by atoms with van der Waals surface area (Å²) in [6.07, 6.45) is 6.70. The number of oxime groups is 1. The van der Waals surface area contributed by atoms with E-state index in [0.717, 1.165) is 6.42 Å². The summed E-state index contributed by atoms with van der Waals surface area (Å²) >= 11 is 12.2. The molecule has 0 radical (unpaired) electrons. The second kappa shape index (κ2) is 10.6. The van der Waals surface area contributed by atoms with Crippen LogP contribution in [0, 0.1) is 5.92 Å². The zero-order valence-electron chi connectivity index (χ0n) is 16.2. The molecule has 0 aliphatic carbocycles. The van der Waals surface area contributed by atoms with Gasteiger partial charge < -0.3 is 15.1 Å². The van der Waals surface area contributed by atoms with Crippen LogP contribution < -0.4 is 0 Å². The second-order valence-electron chi connectivity index (χ2n) is 7.00. The van der Waals surface area contributed by atoms with Gasteiger partial charge in [0.15, 0.2) is 0 Å². The minimum atomic E-state index is -1.26. The van der Waals surface area contributed by atoms with Gasteiger partial charge in [0.2, 0.25) is 0 Å². The van der Waals surface area contributed by atoms with E-state index in [1.54, 1.807) is 7.11 Å². The van der Waals surface area contributed by atoms with E-state index in [1.165, 1.54) is 18.4 Å². The first-order chi connectivity index (χ1) is 13.7. The van der Waals surface area contributed by atoms with Gasteiger partial charge in [-0.15, -0.1) is 0 Å². The highest BCUT2D eigenvalue weighted by molar-refractivity contribution is 6.42. The third kappa shape index (κ3) is 6.19. The first kappa shape index (κ1) is 23.2. The first-order valence-corrected chi connectivity index (χ1v) is 9.87. The molecule has 2 heterocycles. The van der Waals surface area contributed by atoms with E-state index in [2.05, 4.69) is 23.2 Å². The van der Waals surface area contributed by atoms with E-state index >= 15 is 0 Å². The maximum atomic E-state index is 9.55. The molecular formula is C20H24Cl2N2O5. The summed E-state index contributed by atoms with van der Waals surface area (Å²) in [5, 5.41) is 20.9. The van der Waals surface area contributed by atoms with Crippen molar-refractivity contribution in [3.63, 3.8) is 0 Å². The van der Waals surface area contributed by atoms with E-state index in [1.807, 2.05) is 18.3 Å². The summed E-state index contributed by atoms with van der Waals surface area (Å²) in [7, 11) is 3.82. The van der Waals surface area contributed by atoms with E-state index in [-0.39, 0.29) is 0 Å². The molecule has 0 spiro atoms. The van der Waals surface area contributed by atoms with E-state index < -0.39 is 11.9 Å². The number of carboxylic acid groups (broad SMARTS) is 2. The molecule has 2 saturated heterocycles. The SMILES string of the molecule is CO/N=C/[C@H]1C2CCC(C[C@@H]1c1ccc(Cl)c(Cl)c1)N2C.O=C(O)/C=C\C(=O)O. The van der Waals surface area contributed by atoms with Crippen LogP contribution >= 0.6 is 23.2 Å². The van der Waals surface area contributed by atoms with Crippen LogP contribution in [-0.2, 0) is 14.4 Å². The van der Waals surface area contributed by atoms with Crippen molar-refractivity contribution in [1.29, 1.82) is 0 Å². The molecule has 2 aliphatic heterocycles. The minimum Gasteiger partial charge on any atom is -0.478 e. The molecule has 1 aromatic carbocycles. The topological polar surface area (TPSA) is 99.4 Å². The number of halogens is 2. The summed E-state index contributed by atoms with van der Waals surface area (Å²) in [5.41, 5.74) is 1.25. The van der Waals surface area contributed by atoms with Crippen LogP contribution in [0.2, 0.25) is 10.0 Å². The zero-order valence-corrected chi connectivity index (χ0v) is 17.7. The molecule has 2 N–H and O–H groups in total. The van der Waals surface area contributed by atoms with Crippen molar-refractivity contribution < 1.29 is 24.6 Å². The molecule has 4 atom stereocenters. The number of hydrogen-bond donors (Lipinski definition) is 2. The summed E-state index contributed by atoms with van der Waals surface area (Å²) in [5.74, 6) is -1.74. The molecule has 0 aromatic heterocycles. The van der Waals surface area contributed by atoms with Gasteiger partial charge in [0.25, 0.3) is 0 Å². The molecule has 2 aliphatic rings. The molecule has 3 rings (SSSR count). The molecule has 0 saturated carbocycles. The lowest BCUT2D eigenvalue weighted by Gasteiger charge is -2.41. The highest BCUT2D eigenvalue weighted by Gasteiger charge is 2.45. The van der Waals surface area contributed by atoms with Crippen LogP contribution in [0.4, 0.5) is 0 Å². The molecule has 158 valence electrons. The average molecular weight is 443 g/mol. The lowest BCUT2D eigenvalue weighted by Crippen LogP contribution is -2.46. The van der Waals surface area contributed by atoms with Crippen molar-refractivity contribution in [2.24, 2.45) is 11.1 Å². The predicted octanol–water partition coefficient (Wildman–Crippen LogP) is 3.90. The van der Waals surface area contributed by atoms with Crippen LogP contribution in [0.5, 0.6) is 0 Å². The van der Waals surface area contributed by atoms with Gasteiger partial charge in [0.1, 0.15) is 7.11 Å². The molecular weight excluding hydrogens is 419 g/mol. The number of nitrogens with zero attached hydrogens (tertiary/aromatic N) is 2. The summed E-state index contributed by atoms with van der Waals surface area (Å²) in [6, 6.07) is 7.18. The normalized spacial score (nSPS) is 26.3. The Bertz CT molecular complexity index is 783. The first-order valence-electron chi connectivity index (χ1n) is 9.12. The van der Waals surface area contributed by atoms with Crippen LogP contribution in [-0.4, -0.2) is 59.5 Å². The van der Waals surface area contributed by atoms with Gasteiger partial charge in [0, 0.05) is 36.4 Å². The van der Waals surface area contributed by atoms with Gasteiger partial charge in [-0.1, -0.05) is 34.4 Å². The molecule has 2 bridgehead atoms. The van der Waals surface area contributed by atoms with Crippen LogP contribution in [0.15, 0.2) is 35.5 Å². The fourth-order valence-corrected chi connectivity index (χ4v) is 4.39. The molecule has 2 unspecified atom stereocenters. The molecule has 9 heteroatoms. The quantitative estimate of drug-likeness (QED) is 0.407. The maximum absolute atomic E-state index is 9.55. The predicted molar refractivity (Wildman–Crippen MR) is 112 cm³/mol. The minimum absolute atomic E-state index is 0.353. The second-order valence-corrected chi connectivity index (χ2v) is 7.82. The van der Waals surface area contributed by atoms with Crippen molar-refractivity contribution in [2.45, 2.75) is 37.3 Å². The number of aliphatic carboxylic acids is 2. The fourth-order valence-electron chi connectivity index (χ4n) is 4.09. The summed E-state index contributed by atoms with van der Waals surface area (Å²) in [4.78, 5) is 26.5. The van der Waals surface area contributed by atoms with Crippen molar-refractivity contribution >= 4 is 41.4 Å². The zero-order chi connectivity index (χ0) is 21.6. The highest BCUT2D eigenvalue weighted by Crippen LogP contribution is 2.46. The number of carbonyl (C=O) groups is 2. The Balaban J connectivity index is 0.000000321. The summed E-state index contributed by atoms with van der Waals surface area (Å²) in [6.45, 7) is 0. The number of carboxylic acids is 2. The molecule has 1 aromatic rings. The van der Waals surface area contributed by atoms with Gasteiger partial charge in [-0.2, -0.15) is 0 Å². The molecule has 2 fully saturated rings. The lowest BCUT2D eigenvalue weighted by atomic mass is 9.77. The molecule has 7 nitrogen and oxygen atoms in total. The van der Waals surface area contributed by atoms with Gasteiger partial charge in [-0.3, -0.25) is 4.90 Å². The van der Waals surface area contributed by atoms with Gasteiger partial charge in [-0.05, 0) is 49.9 Å². The van der Waals surface area contributed by atoms with E-state index in [9.17, 15) is 9.59 Å². The smallest absolute Gasteiger partial charge is 0.328 e. The Labute approximate surface area is 179 Å². The van der Waals surface area contributed by atoms with Crippen molar-refractivity contribution in [3.8, 4) is 0 Å². The number of benzene rings is 1. The number of fused-ring (bicyclic) bond motifs is 2. The standard InChI is InChI=1S/C16H20Cl2N2O.C4H4O4/c1-20-11-4-6-16(20)13(9-19-21-2)12(8-11)10-3-5-14(17)15(18)7-10;5-3(6)1-2-4(7)8/h3,5,7,9,11-13,16H,4,6,8H2,1-2H3;1-2H,(H,5,6)(H,7,8)/b19-9+;2-1-/t11?,12-,13-,16?;/m1./s1. The largest absolute Gasteiger partial charge is 0.478 e. The Hall–Kier alpha value is -2.09. The number of piperidine rings is 1. The third-order valence-corrected chi connectivity index (χ3v) is 6.15. The van der Waals surface area contributed by atoms with Crippen molar-refractivity contribution in [1.82, 2.24) is 4.90 Å². The average Bonchev–Trinajstić information content (AvgIpc) is 2.91. The Morgan fingerprint density at radius 3 is 2.38 bits per heavy atom. The number of hydrogen-bond acceptors (Lipinski definition) is 5. The molecule has 0 amide bonds. The van der Waals surface area contributed by atoms with Gasteiger partial charge in [0.05, 0.1) is 10.0 Å².